The Morgan fingerprint density at radius 3 is 2.65 bits per heavy atom. The summed E-state index contributed by atoms with van der Waals surface area (Å²) in [6.45, 7) is 3.28. The number of nitrogens with zero attached hydrogens (tertiary/aromatic N) is 2. The van der Waals surface area contributed by atoms with E-state index in [4.69, 9.17) is 0 Å². The second kappa shape index (κ2) is 6.39. The molecule has 0 radical (unpaired) electrons. The van der Waals surface area contributed by atoms with Crippen molar-refractivity contribution in [3.8, 4) is 0 Å². The van der Waals surface area contributed by atoms with E-state index in [-0.39, 0.29) is 30.6 Å². The van der Waals surface area contributed by atoms with Crippen molar-refractivity contribution in [3.05, 3.63) is 46.0 Å². The lowest BCUT2D eigenvalue weighted by atomic mass is 9.96. The molecule has 0 aliphatic carbocycles. The fourth-order valence-corrected chi connectivity index (χ4v) is 2.59. The highest BCUT2D eigenvalue weighted by Crippen LogP contribution is 2.33. The molecule has 1 amide bonds. The first-order valence-electron chi connectivity index (χ1n) is 7.00. The van der Waals surface area contributed by atoms with Crippen molar-refractivity contribution in [3.63, 3.8) is 0 Å². The minimum atomic E-state index is -4.35. The topological polar surface area (TPSA) is 63.5 Å². The zero-order valence-electron chi connectivity index (χ0n) is 12.2. The molecule has 1 aliphatic rings. The lowest BCUT2D eigenvalue weighted by Crippen LogP contribution is -2.44. The lowest BCUT2D eigenvalue weighted by molar-refractivity contribution is -0.384. The van der Waals surface area contributed by atoms with Crippen molar-refractivity contribution in [1.29, 1.82) is 0 Å². The van der Waals surface area contributed by atoms with Gasteiger partial charge in [0.25, 0.3) is 11.6 Å². The third-order valence-corrected chi connectivity index (χ3v) is 3.81. The molecule has 1 heterocycles. The maximum absolute atomic E-state index is 12.8. The standard InChI is InChI=1S/C15H15F3N2O3/c1-2-10-6-11(8-13(7-10)20(22)23)14(21)19-5-3-4-12(9-19)15(16,17)18/h2,6-8,12H,1,3-5,9H2. The summed E-state index contributed by atoms with van der Waals surface area (Å²) in [6.07, 6.45) is -2.77. The van der Waals surface area contributed by atoms with Crippen molar-refractivity contribution in [2.75, 3.05) is 13.1 Å². The number of halogens is 3. The summed E-state index contributed by atoms with van der Waals surface area (Å²) >= 11 is 0. The summed E-state index contributed by atoms with van der Waals surface area (Å²) in [4.78, 5) is 23.8. The molecule has 1 aromatic rings. The summed E-state index contributed by atoms with van der Waals surface area (Å²) in [5, 5.41) is 10.9. The Bertz CT molecular complexity index is 643. The van der Waals surface area contributed by atoms with Gasteiger partial charge in [-0.05, 0) is 24.5 Å². The van der Waals surface area contributed by atoms with Gasteiger partial charge in [-0.3, -0.25) is 14.9 Å². The molecule has 1 atom stereocenters. The molecule has 23 heavy (non-hydrogen) atoms. The van der Waals surface area contributed by atoms with Crippen LogP contribution in [0.4, 0.5) is 18.9 Å². The third kappa shape index (κ3) is 3.88. The van der Waals surface area contributed by atoms with Crippen LogP contribution in [0.2, 0.25) is 0 Å². The molecule has 0 spiro atoms. The first-order valence-corrected chi connectivity index (χ1v) is 7.00. The van der Waals surface area contributed by atoms with Gasteiger partial charge in [0.2, 0.25) is 0 Å². The summed E-state index contributed by atoms with van der Waals surface area (Å²) in [7, 11) is 0. The number of amides is 1. The third-order valence-electron chi connectivity index (χ3n) is 3.81. The highest BCUT2D eigenvalue weighted by atomic mass is 19.4. The minimum Gasteiger partial charge on any atom is -0.338 e. The number of carbonyl (C=O) groups excluding carboxylic acids is 1. The smallest absolute Gasteiger partial charge is 0.338 e. The van der Waals surface area contributed by atoms with E-state index in [0.717, 1.165) is 11.0 Å². The van der Waals surface area contributed by atoms with E-state index in [0.29, 0.717) is 5.56 Å². The molecule has 2 rings (SSSR count). The number of carbonyl (C=O) groups is 1. The minimum absolute atomic E-state index is 0.00285. The second-order valence-electron chi connectivity index (χ2n) is 5.41. The van der Waals surface area contributed by atoms with Gasteiger partial charge >= 0.3 is 6.18 Å². The van der Waals surface area contributed by atoms with Crippen LogP contribution in [0.5, 0.6) is 0 Å². The Hall–Kier alpha value is -2.38. The number of nitro benzene ring substituents is 1. The number of likely N-dealkylation sites (tertiary alicyclic amines) is 1. The molecule has 5 nitrogen and oxygen atoms in total. The Morgan fingerprint density at radius 2 is 2.09 bits per heavy atom. The number of nitro groups is 1. The fraction of sp³-hybridized carbons (Fsp3) is 0.400. The van der Waals surface area contributed by atoms with Crippen LogP contribution in [-0.2, 0) is 0 Å². The highest BCUT2D eigenvalue weighted by Gasteiger charge is 2.42. The number of hydrogen-bond acceptors (Lipinski definition) is 3. The van der Waals surface area contributed by atoms with Crippen LogP contribution in [0, 0.1) is 16.0 Å². The molecular weight excluding hydrogens is 313 g/mol. The molecule has 1 unspecified atom stereocenters. The molecular formula is C15H15F3N2O3. The summed E-state index contributed by atoms with van der Waals surface area (Å²) < 4.78 is 38.5. The van der Waals surface area contributed by atoms with Gasteiger partial charge in [-0.2, -0.15) is 13.2 Å². The van der Waals surface area contributed by atoms with Gasteiger partial charge in [-0.1, -0.05) is 12.7 Å². The van der Waals surface area contributed by atoms with E-state index < -0.39 is 29.5 Å². The van der Waals surface area contributed by atoms with Crippen molar-refractivity contribution in [2.24, 2.45) is 5.92 Å². The molecule has 0 aromatic heterocycles. The van der Waals surface area contributed by atoms with Crippen molar-refractivity contribution in [2.45, 2.75) is 19.0 Å². The van der Waals surface area contributed by atoms with E-state index in [1.54, 1.807) is 0 Å². The number of piperidine rings is 1. The van der Waals surface area contributed by atoms with E-state index in [2.05, 4.69) is 6.58 Å². The van der Waals surface area contributed by atoms with Gasteiger partial charge < -0.3 is 4.90 Å². The number of benzene rings is 1. The number of hydrogen-bond donors (Lipinski definition) is 0. The van der Waals surface area contributed by atoms with Crippen LogP contribution in [-0.4, -0.2) is 35.0 Å². The molecule has 1 aliphatic heterocycles. The van der Waals surface area contributed by atoms with Crippen LogP contribution in [0.25, 0.3) is 6.08 Å². The normalized spacial score (nSPS) is 18.6. The largest absolute Gasteiger partial charge is 0.393 e. The Labute approximate surface area is 130 Å². The molecule has 1 aromatic carbocycles. The fourth-order valence-electron chi connectivity index (χ4n) is 2.59. The number of rotatable bonds is 3. The van der Waals surface area contributed by atoms with Crippen LogP contribution in [0.3, 0.4) is 0 Å². The molecule has 8 heteroatoms. The number of alkyl halides is 3. The molecule has 0 N–H and O–H groups in total. The monoisotopic (exact) mass is 328 g/mol. The molecule has 0 saturated carbocycles. The summed E-state index contributed by atoms with van der Waals surface area (Å²) in [5.41, 5.74) is 0.0685. The zero-order chi connectivity index (χ0) is 17.2. The van der Waals surface area contributed by atoms with Gasteiger partial charge in [0.1, 0.15) is 0 Å². The summed E-state index contributed by atoms with van der Waals surface area (Å²) in [5.74, 6) is -2.19. The van der Waals surface area contributed by atoms with Gasteiger partial charge in [0, 0.05) is 30.8 Å². The Kier molecular flexibility index (Phi) is 4.72. The van der Waals surface area contributed by atoms with E-state index >= 15 is 0 Å². The van der Waals surface area contributed by atoms with Crippen molar-refractivity contribution >= 4 is 17.7 Å². The molecule has 0 bridgehead atoms. The van der Waals surface area contributed by atoms with Crippen LogP contribution in [0.15, 0.2) is 24.8 Å². The lowest BCUT2D eigenvalue weighted by Gasteiger charge is -2.33. The average molecular weight is 328 g/mol. The maximum Gasteiger partial charge on any atom is 0.393 e. The van der Waals surface area contributed by atoms with Gasteiger partial charge in [0.05, 0.1) is 10.8 Å². The van der Waals surface area contributed by atoms with Gasteiger partial charge in [0.15, 0.2) is 0 Å². The predicted molar refractivity (Wildman–Crippen MR) is 77.9 cm³/mol. The average Bonchev–Trinajstić information content (AvgIpc) is 2.52. The first kappa shape index (κ1) is 17.0. The maximum atomic E-state index is 12.8. The zero-order valence-corrected chi connectivity index (χ0v) is 12.2. The van der Waals surface area contributed by atoms with Crippen LogP contribution >= 0.6 is 0 Å². The first-order chi connectivity index (χ1) is 10.7. The number of non-ortho nitro benzene ring substituents is 1. The highest BCUT2D eigenvalue weighted by molar-refractivity contribution is 5.95. The van der Waals surface area contributed by atoms with Crippen LogP contribution < -0.4 is 0 Å². The second-order valence-corrected chi connectivity index (χ2v) is 5.41. The Morgan fingerprint density at radius 1 is 1.39 bits per heavy atom. The van der Waals surface area contributed by atoms with E-state index in [1.165, 1.54) is 18.2 Å². The molecule has 1 fully saturated rings. The molecule has 1 saturated heterocycles. The van der Waals surface area contributed by atoms with Gasteiger partial charge in [-0.15, -0.1) is 0 Å². The summed E-state index contributed by atoms with van der Waals surface area (Å²) in [6, 6.07) is 3.71. The van der Waals surface area contributed by atoms with Crippen molar-refractivity contribution < 1.29 is 22.9 Å². The SMILES string of the molecule is C=Cc1cc(C(=O)N2CCCC(C(F)(F)F)C2)cc([N+](=O)[O-])c1. The molecule has 124 valence electrons. The van der Waals surface area contributed by atoms with Crippen LogP contribution in [0.1, 0.15) is 28.8 Å². The predicted octanol–water partition coefficient (Wildman–Crippen LogP) is 3.65. The quantitative estimate of drug-likeness (QED) is 0.628. The van der Waals surface area contributed by atoms with Crippen molar-refractivity contribution in [1.82, 2.24) is 4.90 Å². The Balaban J connectivity index is 2.27. The van der Waals surface area contributed by atoms with E-state index in [9.17, 15) is 28.1 Å². The van der Waals surface area contributed by atoms with Gasteiger partial charge in [-0.25, -0.2) is 0 Å². The van der Waals surface area contributed by atoms with E-state index in [1.807, 2.05) is 0 Å².